The van der Waals surface area contributed by atoms with Gasteiger partial charge in [-0.3, -0.25) is 10.8 Å². The Morgan fingerprint density at radius 2 is 1.94 bits per heavy atom. The largest absolute Gasteiger partial charge is 0.271 e. The predicted molar refractivity (Wildman–Crippen MR) is 64.8 cm³/mol. The maximum Gasteiger partial charge on any atom is 0.141 e. The van der Waals surface area contributed by atoms with Crippen LogP contribution in [0.4, 0.5) is 8.78 Å². The lowest BCUT2D eigenvalue weighted by Gasteiger charge is -2.16. The summed E-state index contributed by atoms with van der Waals surface area (Å²) >= 11 is 5.70. The average molecular weight is 270 g/mol. The lowest BCUT2D eigenvalue weighted by atomic mass is 10.0. The Hall–Kier alpha value is -1.56. The van der Waals surface area contributed by atoms with Crippen molar-refractivity contribution >= 4 is 11.6 Å². The van der Waals surface area contributed by atoms with Crippen molar-refractivity contribution in [1.82, 2.24) is 10.4 Å². The standard InChI is InChI=1S/C12H10ClF2N3/c13-10-4-7(1-2-11(10)15)12(18-16)8-3-9(14)6-17-5-8/h1-6,12,18H,16H2. The number of hydrogen-bond donors (Lipinski definition) is 2. The molecule has 0 fully saturated rings. The quantitative estimate of drug-likeness (QED) is 0.665. The number of benzene rings is 1. The van der Waals surface area contributed by atoms with E-state index in [9.17, 15) is 8.78 Å². The summed E-state index contributed by atoms with van der Waals surface area (Å²) < 4.78 is 26.2. The highest BCUT2D eigenvalue weighted by Gasteiger charge is 2.15. The molecule has 0 radical (unpaired) electrons. The highest BCUT2D eigenvalue weighted by atomic mass is 35.5. The van der Waals surface area contributed by atoms with E-state index in [0.717, 1.165) is 6.20 Å². The molecule has 2 aromatic rings. The highest BCUT2D eigenvalue weighted by Crippen LogP contribution is 2.25. The van der Waals surface area contributed by atoms with Gasteiger partial charge >= 0.3 is 0 Å². The molecule has 0 amide bonds. The summed E-state index contributed by atoms with van der Waals surface area (Å²) in [7, 11) is 0. The third-order valence-corrected chi connectivity index (χ3v) is 2.79. The van der Waals surface area contributed by atoms with E-state index in [2.05, 4.69) is 10.4 Å². The molecule has 1 heterocycles. The minimum Gasteiger partial charge on any atom is -0.271 e. The second kappa shape index (κ2) is 5.39. The van der Waals surface area contributed by atoms with Crippen LogP contribution in [0.15, 0.2) is 36.7 Å². The Morgan fingerprint density at radius 3 is 2.56 bits per heavy atom. The first-order valence-electron chi connectivity index (χ1n) is 5.13. The van der Waals surface area contributed by atoms with Gasteiger partial charge in [-0.2, -0.15) is 0 Å². The summed E-state index contributed by atoms with van der Waals surface area (Å²) in [5, 5.41) is -0.0166. The van der Waals surface area contributed by atoms with Crippen molar-refractivity contribution in [3.63, 3.8) is 0 Å². The average Bonchev–Trinajstić information content (AvgIpc) is 2.35. The number of aromatic nitrogens is 1. The Labute approximate surface area is 108 Å². The molecule has 1 unspecified atom stereocenters. The van der Waals surface area contributed by atoms with Crippen LogP contribution in [0.3, 0.4) is 0 Å². The first-order chi connectivity index (χ1) is 8.61. The van der Waals surface area contributed by atoms with E-state index in [1.165, 1.54) is 30.5 Å². The second-order valence-corrected chi connectivity index (χ2v) is 4.12. The number of halogens is 3. The van der Waals surface area contributed by atoms with Gasteiger partial charge in [-0.05, 0) is 29.3 Å². The van der Waals surface area contributed by atoms with E-state index in [-0.39, 0.29) is 5.02 Å². The van der Waals surface area contributed by atoms with Crippen LogP contribution in [0.1, 0.15) is 17.2 Å². The molecule has 0 saturated heterocycles. The van der Waals surface area contributed by atoms with Gasteiger partial charge in [-0.15, -0.1) is 0 Å². The lowest BCUT2D eigenvalue weighted by Crippen LogP contribution is -2.29. The molecule has 6 heteroatoms. The molecular formula is C12H10ClF2N3. The fraction of sp³-hybridized carbons (Fsp3) is 0.0833. The monoisotopic (exact) mass is 269 g/mol. The number of nitrogens with zero attached hydrogens (tertiary/aromatic N) is 1. The van der Waals surface area contributed by atoms with Crippen LogP contribution in [-0.2, 0) is 0 Å². The van der Waals surface area contributed by atoms with Gasteiger partial charge in [-0.25, -0.2) is 14.2 Å². The van der Waals surface area contributed by atoms with E-state index in [4.69, 9.17) is 17.4 Å². The van der Waals surface area contributed by atoms with Crippen LogP contribution in [0, 0.1) is 11.6 Å². The summed E-state index contributed by atoms with van der Waals surface area (Å²) in [6.45, 7) is 0. The summed E-state index contributed by atoms with van der Waals surface area (Å²) in [4.78, 5) is 3.74. The normalized spacial score (nSPS) is 12.4. The zero-order valence-corrected chi connectivity index (χ0v) is 9.96. The first kappa shape index (κ1) is 12.9. The van der Waals surface area contributed by atoms with Crippen LogP contribution in [0.25, 0.3) is 0 Å². The van der Waals surface area contributed by atoms with Gasteiger partial charge in [0.15, 0.2) is 0 Å². The number of hydrazine groups is 1. The number of hydrogen-bond acceptors (Lipinski definition) is 3. The highest BCUT2D eigenvalue weighted by molar-refractivity contribution is 6.30. The Balaban J connectivity index is 2.42. The lowest BCUT2D eigenvalue weighted by molar-refractivity contribution is 0.594. The van der Waals surface area contributed by atoms with Gasteiger partial charge in [0.1, 0.15) is 11.6 Å². The maximum atomic E-state index is 13.1. The van der Waals surface area contributed by atoms with Crippen molar-refractivity contribution < 1.29 is 8.78 Å². The van der Waals surface area contributed by atoms with Crippen molar-refractivity contribution in [3.8, 4) is 0 Å². The molecule has 1 atom stereocenters. The zero-order chi connectivity index (χ0) is 13.1. The molecule has 3 nitrogen and oxygen atoms in total. The van der Waals surface area contributed by atoms with Crippen LogP contribution < -0.4 is 11.3 Å². The molecule has 94 valence electrons. The molecule has 0 saturated carbocycles. The number of nitrogens with two attached hydrogens (primary N) is 1. The summed E-state index contributed by atoms with van der Waals surface area (Å²) in [6.07, 6.45) is 2.57. The molecule has 0 aliphatic heterocycles. The topological polar surface area (TPSA) is 50.9 Å². The maximum absolute atomic E-state index is 13.1. The van der Waals surface area contributed by atoms with E-state index >= 15 is 0 Å². The summed E-state index contributed by atoms with van der Waals surface area (Å²) in [5.41, 5.74) is 3.67. The predicted octanol–water partition coefficient (Wildman–Crippen LogP) is 2.57. The summed E-state index contributed by atoms with van der Waals surface area (Å²) in [5.74, 6) is 4.45. The first-order valence-corrected chi connectivity index (χ1v) is 5.51. The van der Waals surface area contributed by atoms with Gasteiger partial charge in [0.25, 0.3) is 0 Å². The van der Waals surface area contributed by atoms with Crippen molar-refractivity contribution in [1.29, 1.82) is 0 Å². The van der Waals surface area contributed by atoms with Gasteiger partial charge in [0.05, 0.1) is 17.3 Å². The molecule has 3 N–H and O–H groups in total. The second-order valence-electron chi connectivity index (χ2n) is 3.71. The smallest absolute Gasteiger partial charge is 0.141 e. The number of rotatable bonds is 3. The van der Waals surface area contributed by atoms with Crippen molar-refractivity contribution in [2.75, 3.05) is 0 Å². The van der Waals surface area contributed by atoms with Crippen molar-refractivity contribution in [3.05, 3.63) is 64.4 Å². The van der Waals surface area contributed by atoms with Crippen molar-refractivity contribution in [2.45, 2.75) is 6.04 Å². The Kier molecular flexibility index (Phi) is 3.86. The number of nitrogens with one attached hydrogen (secondary N) is 1. The molecule has 1 aromatic carbocycles. The molecule has 0 aliphatic rings. The minimum absolute atomic E-state index is 0.0166. The molecule has 18 heavy (non-hydrogen) atoms. The van der Waals surface area contributed by atoms with E-state index < -0.39 is 17.7 Å². The molecular weight excluding hydrogens is 260 g/mol. The van der Waals surface area contributed by atoms with Crippen LogP contribution in [0.5, 0.6) is 0 Å². The van der Waals surface area contributed by atoms with Crippen LogP contribution in [0.2, 0.25) is 5.02 Å². The van der Waals surface area contributed by atoms with Gasteiger partial charge in [0.2, 0.25) is 0 Å². The Bertz CT molecular complexity index is 563. The van der Waals surface area contributed by atoms with Gasteiger partial charge in [0, 0.05) is 6.20 Å². The van der Waals surface area contributed by atoms with Crippen LogP contribution >= 0.6 is 11.6 Å². The SMILES string of the molecule is NNC(c1cncc(F)c1)c1ccc(F)c(Cl)c1. The van der Waals surface area contributed by atoms with Crippen LogP contribution in [-0.4, -0.2) is 4.98 Å². The molecule has 1 aromatic heterocycles. The molecule has 0 spiro atoms. The van der Waals surface area contributed by atoms with E-state index in [0.29, 0.717) is 11.1 Å². The zero-order valence-electron chi connectivity index (χ0n) is 9.20. The van der Waals surface area contributed by atoms with E-state index in [1.807, 2.05) is 0 Å². The fourth-order valence-corrected chi connectivity index (χ4v) is 1.85. The minimum atomic E-state index is -0.520. The molecule has 2 rings (SSSR count). The fourth-order valence-electron chi connectivity index (χ4n) is 1.66. The third-order valence-electron chi connectivity index (χ3n) is 2.50. The van der Waals surface area contributed by atoms with E-state index in [1.54, 1.807) is 0 Å². The number of pyridine rings is 1. The summed E-state index contributed by atoms with van der Waals surface area (Å²) in [6, 6.07) is 4.98. The van der Waals surface area contributed by atoms with Gasteiger partial charge in [-0.1, -0.05) is 17.7 Å². The third kappa shape index (κ3) is 2.64. The molecule has 0 aliphatic carbocycles. The molecule has 0 bridgehead atoms. The van der Waals surface area contributed by atoms with Crippen molar-refractivity contribution in [2.24, 2.45) is 5.84 Å². The Morgan fingerprint density at radius 1 is 1.17 bits per heavy atom. The van der Waals surface area contributed by atoms with Gasteiger partial charge < -0.3 is 0 Å².